The van der Waals surface area contributed by atoms with Crippen LogP contribution in [0.1, 0.15) is 77.0 Å². The van der Waals surface area contributed by atoms with Gasteiger partial charge in [-0.15, -0.1) is 0 Å². The molecule has 0 radical (unpaired) electrons. The number of carbonyl (C=O) groups is 2. The van der Waals surface area contributed by atoms with Crippen molar-refractivity contribution in [1.82, 2.24) is 4.90 Å². The minimum atomic E-state index is -0.256. The van der Waals surface area contributed by atoms with E-state index in [1.165, 1.54) is 31.7 Å². The lowest BCUT2D eigenvalue weighted by Crippen LogP contribution is -2.37. The van der Waals surface area contributed by atoms with E-state index in [1.54, 1.807) is 0 Å². The van der Waals surface area contributed by atoms with Crippen LogP contribution in [-0.4, -0.2) is 42.9 Å². The summed E-state index contributed by atoms with van der Waals surface area (Å²) in [5.41, 5.74) is 1.19. The van der Waals surface area contributed by atoms with Crippen LogP contribution >= 0.6 is 0 Å². The van der Waals surface area contributed by atoms with Gasteiger partial charge < -0.3 is 15.1 Å². The average molecular weight is 444 g/mol. The Balaban J connectivity index is 1.22. The van der Waals surface area contributed by atoms with Gasteiger partial charge in [0.05, 0.1) is 5.69 Å². The molecule has 0 bridgehead atoms. The molecule has 3 aliphatic rings. The van der Waals surface area contributed by atoms with Crippen LogP contribution in [0.25, 0.3) is 0 Å². The Bertz CT molecular complexity index is 776. The number of unbranched alkanes of at least 4 members (excludes halogenated alkanes) is 1. The summed E-state index contributed by atoms with van der Waals surface area (Å²) in [6.45, 7) is 2.62. The summed E-state index contributed by atoms with van der Waals surface area (Å²) in [6, 6.07) is 5.54. The number of hydrogen-bond acceptors (Lipinski definition) is 3. The fourth-order valence-corrected chi connectivity index (χ4v) is 5.41. The van der Waals surface area contributed by atoms with Gasteiger partial charge in [0.2, 0.25) is 12.3 Å². The summed E-state index contributed by atoms with van der Waals surface area (Å²) < 4.78 is 14.8. The third-order valence-electron chi connectivity index (χ3n) is 7.48. The highest BCUT2D eigenvalue weighted by Crippen LogP contribution is 2.32. The molecule has 1 N–H and O–H groups in total. The summed E-state index contributed by atoms with van der Waals surface area (Å²) in [4.78, 5) is 27.6. The molecule has 0 aromatic heterocycles. The van der Waals surface area contributed by atoms with Gasteiger partial charge in [0, 0.05) is 37.3 Å². The molecule has 6 heteroatoms. The third kappa shape index (κ3) is 6.23. The van der Waals surface area contributed by atoms with E-state index in [1.807, 2.05) is 17.0 Å². The van der Waals surface area contributed by atoms with Crippen LogP contribution in [0.15, 0.2) is 18.2 Å². The highest BCUT2D eigenvalue weighted by Gasteiger charge is 2.30. The van der Waals surface area contributed by atoms with Gasteiger partial charge in [0.1, 0.15) is 5.82 Å². The van der Waals surface area contributed by atoms with E-state index in [4.69, 9.17) is 0 Å². The maximum absolute atomic E-state index is 14.8. The second kappa shape index (κ2) is 11.2. The smallest absolute Gasteiger partial charge is 0.227 e. The van der Waals surface area contributed by atoms with Crippen LogP contribution in [0.3, 0.4) is 0 Å². The zero-order chi connectivity index (χ0) is 22.3. The van der Waals surface area contributed by atoms with Crippen molar-refractivity contribution in [3.63, 3.8) is 0 Å². The lowest BCUT2D eigenvalue weighted by Gasteiger charge is -2.35. The van der Waals surface area contributed by atoms with E-state index < -0.39 is 0 Å². The molecular formula is C26H38FN3O2. The SMILES string of the molecule is O=CN(CCCCC1CCCN(c2ccc(NC(=O)C3CC3)cc2F)C1)C1CCCCC1. The Labute approximate surface area is 191 Å². The monoisotopic (exact) mass is 443 g/mol. The zero-order valence-corrected chi connectivity index (χ0v) is 19.2. The van der Waals surface area contributed by atoms with Crippen LogP contribution < -0.4 is 10.2 Å². The number of halogens is 1. The van der Waals surface area contributed by atoms with Crippen molar-refractivity contribution in [1.29, 1.82) is 0 Å². The summed E-state index contributed by atoms with van der Waals surface area (Å²) in [5.74, 6) is 0.429. The number of piperidine rings is 1. The molecule has 176 valence electrons. The summed E-state index contributed by atoms with van der Waals surface area (Å²) in [6.07, 6.45) is 14.6. The maximum atomic E-state index is 14.8. The predicted octanol–water partition coefficient (Wildman–Crippen LogP) is 5.35. The van der Waals surface area contributed by atoms with Crippen molar-refractivity contribution in [3.8, 4) is 0 Å². The fraction of sp³-hybridized carbons (Fsp3) is 0.692. The van der Waals surface area contributed by atoms with Gasteiger partial charge in [-0.1, -0.05) is 25.7 Å². The highest BCUT2D eigenvalue weighted by molar-refractivity contribution is 5.94. The number of rotatable bonds is 10. The first-order valence-corrected chi connectivity index (χ1v) is 12.7. The molecule has 1 atom stereocenters. The average Bonchev–Trinajstić information content (AvgIpc) is 3.66. The maximum Gasteiger partial charge on any atom is 0.227 e. The van der Waals surface area contributed by atoms with E-state index in [2.05, 4.69) is 10.2 Å². The van der Waals surface area contributed by atoms with Gasteiger partial charge in [-0.25, -0.2) is 4.39 Å². The molecule has 1 heterocycles. The highest BCUT2D eigenvalue weighted by atomic mass is 19.1. The quantitative estimate of drug-likeness (QED) is 0.392. The van der Waals surface area contributed by atoms with Gasteiger partial charge >= 0.3 is 0 Å². The van der Waals surface area contributed by atoms with Gasteiger partial charge in [-0.05, 0) is 75.5 Å². The van der Waals surface area contributed by atoms with Gasteiger partial charge in [-0.3, -0.25) is 9.59 Å². The number of anilines is 2. The normalized spacial score (nSPS) is 21.9. The summed E-state index contributed by atoms with van der Waals surface area (Å²) in [7, 11) is 0. The first kappa shape index (κ1) is 23.1. The first-order valence-electron chi connectivity index (χ1n) is 12.7. The molecule has 1 aliphatic heterocycles. The lowest BCUT2D eigenvalue weighted by molar-refractivity contribution is -0.121. The molecule has 2 aliphatic carbocycles. The molecule has 4 rings (SSSR count). The minimum Gasteiger partial charge on any atom is -0.369 e. The zero-order valence-electron chi connectivity index (χ0n) is 19.2. The molecule has 3 fully saturated rings. The molecule has 5 nitrogen and oxygen atoms in total. The van der Waals surface area contributed by atoms with Crippen molar-refractivity contribution >= 4 is 23.7 Å². The van der Waals surface area contributed by atoms with Crippen molar-refractivity contribution in [2.75, 3.05) is 29.9 Å². The molecular weight excluding hydrogens is 405 g/mol. The Kier molecular flexibility index (Phi) is 8.04. The van der Waals surface area contributed by atoms with Crippen LogP contribution in [0.4, 0.5) is 15.8 Å². The van der Waals surface area contributed by atoms with E-state index in [0.717, 1.165) is 77.4 Å². The molecule has 1 unspecified atom stereocenters. The summed E-state index contributed by atoms with van der Waals surface area (Å²) >= 11 is 0. The molecule has 1 aromatic carbocycles. The van der Waals surface area contributed by atoms with E-state index in [-0.39, 0.29) is 17.6 Å². The van der Waals surface area contributed by atoms with Gasteiger partial charge in [-0.2, -0.15) is 0 Å². The number of amides is 2. The Morgan fingerprint density at radius 2 is 1.91 bits per heavy atom. The molecule has 0 spiro atoms. The second-order valence-corrected chi connectivity index (χ2v) is 10.0. The molecule has 1 saturated heterocycles. The Morgan fingerprint density at radius 3 is 2.62 bits per heavy atom. The number of hydrogen-bond donors (Lipinski definition) is 1. The molecule has 1 aromatic rings. The van der Waals surface area contributed by atoms with Gasteiger partial charge in [0.15, 0.2) is 0 Å². The molecule has 2 amide bonds. The molecule has 2 saturated carbocycles. The Morgan fingerprint density at radius 1 is 1.09 bits per heavy atom. The predicted molar refractivity (Wildman–Crippen MR) is 126 cm³/mol. The number of nitrogens with zero attached hydrogens (tertiary/aromatic N) is 2. The fourth-order valence-electron chi connectivity index (χ4n) is 5.41. The van der Waals surface area contributed by atoms with Crippen molar-refractivity contribution in [2.45, 2.75) is 83.1 Å². The largest absolute Gasteiger partial charge is 0.369 e. The third-order valence-corrected chi connectivity index (χ3v) is 7.48. The van der Waals surface area contributed by atoms with Crippen LogP contribution in [0.2, 0.25) is 0 Å². The number of benzene rings is 1. The Hall–Kier alpha value is -2.11. The lowest BCUT2D eigenvalue weighted by atomic mass is 9.92. The van der Waals surface area contributed by atoms with Gasteiger partial charge in [0.25, 0.3) is 0 Å². The topological polar surface area (TPSA) is 52.7 Å². The first-order chi connectivity index (χ1) is 15.6. The van der Waals surface area contributed by atoms with Crippen LogP contribution in [0, 0.1) is 17.7 Å². The number of carbonyl (C=O) groups excluding carboxylic acids is 2. The van der Waals surface area contributed by atoms with Crippen molar-refractivity contribution in [2.24, 2.45) is 11.8 Å². The van der Waals surface area contributed by atoms with E-state index in [0.29, 0.717) is 23.3 Å². The summed E-state index contributed by atoms with van der Waals surface area (Å²) in [5, 5.41) is 2.83. The standard InChI is InChI=1S/C26H38FN3O2/c27-24-17-22(28-26(32)21-11-12-21)13-14-25(24)29-16-6-8-20(18-29)7-4-5-15-30(19-31)23-9-2-1-3-10-23/h13-14,17,19-21,23H,1-12,15-16,18H2,(H,28,32). The van der Waals surface area contributed by atoms with Crippen molar-refractivity contribution in [3.05, 3.63) is 24.0 Å². The van der Waals surface area contributed by atoms with Crippen LogP contribution in [0.5, 0.6) is 0 Å². The second-order valence-electron chi connectivity index (χ2n) is 10.0. The minimum absolute atomic E-state index is 0.00631. The van der Waals surface area contributed by atoms with Crippen LogP contribution in [-0.2, 0) is 9.59 Å². The van der Waals surface area contributed by atoms with E-state index >= 15 is 0 Å². The van der Waals surface area contributed by atoms with E-state index in [9.17, 15) is 14.0 Å². The van der Waals surface area contributed by atoms with Crippen molar-refractivity contribution < 1.29 is 14.0 Å². The number of nitrogens with one attached hydrogen (secondary N) is 1. The molecule has 32 heavy (non-hydrogen) atoms.